The third-order valence-corrected chi connectivity index (χ3v) is 3.05. The van der Waals surface area contributed by atoms with E-state index in [1.807, 2.05) is 6.92 Å². The molecule has 0 aliphatic carbocycles. The van der Waals surface area contributed by atoms with Gasteiger partial charge in [0.05, 0.1) is 6.54 Å². The maximum Gasteiger partial charge on any atom is 0.253 e. The van der Waals surface area contributed by atoms with Crippen molar-refractivity contribution in [2.24, 2.45) is 0 Å². The van der Waals surface area contributed by atoms with E-state index in [-0.39, 0.29) is 18.4 Å². The Balaban J connectivity index is 2.53. The van der Waals surface area contributed by atoms with Crippen molar-refractivity contribution < 1.29 is 9.59 Å². The fraction of sp³-hybridized carbons (Fsp3) is 0.467. The van der Waals surface area contributed by atoms with Crippen LogP contribution in [0.2, 0.25) is 0 Å². The highest BCUT2D eigenvalue weighted by Gasteiger charge is 2.08. The number of rotatable bonds is 6. The van der Waals surface area contributed by atoms with Crippen molar-refractivity contribution in [3.05, 3.63) is 29.8 Å². The van der Waals surface area contributed by atoms with Crippen molar-refractivity contribution in [2.45, 2.75) is 26.3 Å². The van der Waals surface area contributed by atoms with Gasteiger partial charge in [0, 0.05) is 31.4 Å². The van der Waals surface area contributed by atoms with E-state index in [0.29, 0.717) is 17.3 Å². The maximum atomic E-state index is 11.7. The Hall–Kier alpha value is -1.88. The molecule has 0 saturated heterocycles. The Morgan fingerprint density at radius 3 is 2.30 bits per heavy atom. The van der Waals surface area contributed by atoms with Crippen LogP contribution in [0.25, 0.3) is 0 Å². The summed E-state index contributed by atoms with van der Waals surface area (Å²) in [5.41, 5.74) is 1.29. The van der Waals surface area contributed by atoms with Gasteiger partial charge in [0.15, 0.2) is 0 Å². The van der Waals surface area contributed by atoms with Gasteiger partial charge in [-0.15, -0.1) is 0 Å². The minimum atomic E-state index is -0.0861. The molecule has 5 heteroatoms. The van der Waals surface area contributed by atoms with Crippen molar-refractivity contribution in [1.82, 2.24) is 10.2 Å². The van der Waals surface area contributed by atoms with Gasteiger partial charge in [-0.1, -0.05) is 6.92 Å². The molecule has 1 rings (SSSR count). The van der Waals surface area contributed by atoms with E-state index >= 15 is 0 Å². The number of carbonyl (C=O) groups excluding carboxylic acids is 2. The average molecular weight is 277 g/mol. The molecule has 1 unspecified atom stereocenters. The van der Waals surface area contributed by atoms with Gasteiger partial charge >= 0.3 is 0 Å². The van der Waals surface area contributed by atoms with Gasteiger partial charge in [0.1, 0.15) is 0 Å². The largest absolute Gasteiger partial charge is 0.345 e. The highest BCUT2D eigenvalue weighted by molar-refractivity contribution is 5.95. The zero-order chi connectivity index (χ0) is 15.1. The number of amides is 2. The number of nitrogens with one attached hydrogen (secondary N) is 2. The minimum absolute atomic E-state index is 0.0543. The lowest BCUT2D eigenvalue weighted by Crippen LogP contribution is -2.33. The zero-order valence-corrected chi connectivity index (χ0v) is 12.6. The molecule has 0 aliphatic rings. The molecule has 0 aliphatic heterocycles. The first-order chi connectivity index (χ1) is 9.43. The Morgan fingerprint density at radius 1 is 1.20 bits per heavy atom. The summed E-state index contributed by atoms with van der Waals surface area (Å²) in [5.74, 6) is -0.140. The summed E-state index contributed by atoms with van der Waals surface area (Å²) in [5, 5.41) is 5.91. The summed E-state index contributed by atoms with van der Waals surface area (Å²) in [6.45, 7) is 4.39. The van der Waals surface area contributed by atoms with E-state index in [9.17, 15) is 9.59 Å². The zero-order valence-electron chi connectivity index (χ0n) is 12.6. The lowest BCUT2D eigenvalue weighted by atomic mass is 10.2. The summed E-state index contributed by atoms with van der Waals surface area (Å²) < 4.78 is 0. The molecular weight excluding hydrogens is 254 g/mol. The molecule has 0 spiro atoms. The van der Waals surface area contributed by atoms with Gasteiger partial charge in [-0.2, -0.15) is 0 Å². The predicted octanol–water partition coefficient (Wildman–Crippen LogP) is 1.71. The highest BCUT2D eigenvalue weighted by atomic mass is 16.2. The lowest BCUT2D eigenvalue weighted by Gasteiger charge is -2.12. The number of anilines is 1. The molecule has 0 aromatic heterocycles. The second-order valence-electron chi connectivity index (χ2n) is 5.02. The van der Waals surface area contributed by atoms with Gasteiger partial charge in [0.25, 0.3) is 5.91 Å². The molecule has 0 heterocycles. The number of nitrogens with zero attached hydrogens (tertiary/aromatic N) is 1. The Bertz CT molecular complexity index is 455. The number of hydrogen-bond acceptors (Lipinski definition) is 3. The van der Waals surface area contributed by atoms with Crippen molar-refractivity contribution in [2.75, 3.05) is 26.0 Å². The van der Waals surface area contributed by atoms with E-state index in [1.165, 1.54) is 4.90 Å². The van der Waals surface area contributed by atoms with Crippen molar-refractivity contribution in [3.8, 4) is 0 Å². The third kappa shape index (κ3) is 5.01. The van der Waals surface area contributed by atoms with Crippen LogP contribution in [-0.2, 0) is 4.79 Å². The van der Waals surface area contributed by atoms with Crippen LogP contribution in [-0.4, -0.2) is 43.4 Å². The summed E-state index contributed by atoms with van der Waals surface area (Å²) in [6, 6.07) is 7.20. The fourth-order valence-corrected chi connectivity index (χ4v) is 1.57. The molecule has 110 valence electrons. The summed E-state index contributed by atoms with van der Waals surface area (Å²) in [6.07, 6.45) is 0.981. The quantitative estimate of drug-likeness (QED) is 0.832. The van der Waals surface area contributed by atoms with E-state index in [0.717, 1.165) is 6.42 Å². The smallest absolute Gasteiger partial charge is 0.253 e. The SMILES string of the molecule is CCC(C)NCC(=O)Nc1ccc(C(=O)N(C)C)cc1. The standard InChI is InChI=1S/C15H23N3O2/c1-5-11(2)16-10-14(19)17-13-8-6-12(7-9-13)15(20)18(3)4/h6-9,11,16H,5,10H2,1-4H3,(H,17,19). The topological polar surface area (TPSA) is 61.4 Å². The fourth-order valence-electron chi connectivity index (χ4n) is 1.57. The van der Waals surface area contributed by atoms with Gasteiger partial charge in [-0.25, -0.2) is 0 Å². The first kappa shape index (κ1) is 16.2. The average Bonchev–Trinajstić information content (AvgIpc) is 2.44. The van der Waals surface area contributed by atoms with Crippen LogP contribution in [0.3, 0.4) is 0 Å². The van der Waals surface area contributed by atoms with Crippen LogP contribution >= 0.6 is 0 Å². The number of carbonyl (C=O) groups is 2. The van der Waals surface area contributed by atoms with E-state index < -0.39 is 0 Å². The van der Waals surface area contributed by atoms with E-state index in [2.05, 4.69) is 17.6 Å². The Kier molecular flexibility index (Phi) is 6.18. The molecule has 1 atom stereocenters. The minimum Gasteiger partial charge on any atom is -0.345 e. The number of benzene rings is 1. The van der Waals surface area contributed by atoms with Crippen LogP contribution in [0.1, 0.15) is 30.6 Å². The van der Waals surface area contributed by atoms with Gasteiger partial charge < -0.3 is 15.5 Å². The summed E-state index contributed by atoms with van der Waals surface area (Å²) in [4.78, 5) is 24.9. The van der Waals surface area contributed by atoms with E-state index in [1.54, 1.807) is 38.4 Å². The predicted molar refractivity (Wildman–Crippen MR) is 80.8 cm³/mol. The summed E-state index contributed by atoms with van der Waals surface area (Å²) >= 11 is 0. The molecule has 1 aromatic rings. The van der Waals surface area contributed by atoms with Crippen molar-refractivity contribution >= 4 is 17.5 Å². The maximum absolute atomic E-state index is 11.7. The second kappa shape index (κ2) is 7.65. The summed E-state index contributed by atoms with van der Waals surface area (Å²) in [7, 11) is 3.41. The van der Waals surface area contributed by atoms with Crippen molar-refractivity contribution in [1.29, 1.82) is 0 Å². The molecule has 0 radical (unpaired) electrons. The van der Waals surface area contributed by atoms with Gasteiger partial charge in [0.2, 0.25) is 5.91 Å². The Morgan fingerprint density at radius 2 is 1.80 bits per heavy atom. The first-order valence-corrected chi connectivity index (χ1v) is 6.79. The van der Waals surface area contributed by atoms with Crippen LogP contribution in [0.15, 0.2) is 24.3 Å². The van der Waals surface area contributed by atoms with Crippen LogP contribution in [0.5, 0.6) is 0 Å². The molecule has 2 N–H and O–H groups in total. The lowest BCUT2D eigenvalue weighted by molar-refractivity contribution is -0.115. The number of hydrogen-bond donors (Lipinski definition) is 2. The second-order valence-corrected chi connectivity index (χ2v) is 5.02. The molecule has 1 aromatic carbocycles. The van der Waals surface area contributed by atoms with Crippen molar-refractivity contribution in [3.63, 3.8) is 0 Å². The van der Waals surface area contributed by atoms with Crippen LogP contribution in [0.4, 0.5) is 5.69 Å². The molecule has 0 saturated carbocycles. The molecule has 20 heavy (non-hydrogen) atoms. The molecule has 2 amide bonds. The normalized spacial score (nSPS) is 11.8. The van der Waals surface area contributed by atoms with Gasteiger partial charge in [-0.05, 0) is 37.6 Å². The molecule has 0 fully saturated rings. The van der Waals surface area contributed by atoms with E-state index in [4.69, 9.17) is 0 Å². The highest BCUT2D eigenvalue weighted by Crippen LogP contribution is 2.10. The third-order valence-electron chi connectivity index (χ3n) is 3.05. The van der Waals surface area contributed by atoms with Gasteiger partial charge in [-0.3, -0.25) is 9.59 Å². The van der Waals surface area contributed by atoms with Crippen LogP contribution < -0.4 is 10.6 Å². The first-order valence-electron chi connectivity index (χ1n) is 6.79. The Labute approximate surface area is 120 Å². The molecular formula is C15H23N3O2. The monoisotopic (exact) mass is 277 g/mol. The molecule has 5 nitrogen and oxygen atoms in total. The van der Waals surface area contributed by atoms with Crippen LogP contribution in [0, 0.1) is 0 Å². The molecule has 0 bridgehead atoms.